The van der Waals surface area contributed by atoms with Crippen LogP contribution in [0.1, 0.15) is 18.4 Å². The average molecular weight is 338 g/mol. The maximum absolute atomic E-state index is 13.6. The molecule has 0 radical (unpaired) electrons. The van der Waals surface area contributed by atoms with E-state index in [4.69, 9.17) is 0 Å². The fourth-order valence-corrected chi connectivity index (χ4v) is 4.66. The van der Waals surface area contributed by atoms with Gasteiger partial charge in [0.25, 0.3) is 0 Å². The second-order valence-corrected chi connectivity index (χ2v) is 7.89. The molecule has 1 atom stereocenters. The van der Waals surface area contributed by atoms with Crippen LogP contribution in [-0.2, 0) is 16.6 Å². The second kappa shape index (κ2) is 6.37. The number of aromatic nitrogens is 3. The first-order valence-corrected chi connectivity index (χ1v) is 8.99. The van der Waals surface area contributed by atoms with Crippen LogP contribution in [0.2, 0.25) is 0 Å². The number of piperidine rings is 1. The van der Waals surface area contributed by atoms with Gasteiger partial charge in [-0.3, -0.25) is 4.68 Å². The quantitative estimate of drug-likeness (QED) is 0.853. The van der Waals surface area contributed by atoms with Gasteiger partial charge in [-0.15, -0.1) is 0 Å². The van der Waals surface area contributed by atoms with Crippen molar-refractivity contribution < 1.29 is 12.8 Å². The number of hydrogen-bond donors (Lipinski definition) is 0. The summed E-state index contributed by atoms with van der Waals surface area (Å²) in [5.74, 6) is -0.352. The summed E-state index contributed by atoms with van der Waals surface area (Å²) >= 11 is 0. The maximum atomic E-state index is 13.6. The Bertz CT molecular complexity index is 757. The van der Waals surface area contributed by atoms with E-state index < -0.39 is 15.8 Å². The van der Waals surface area contributed by atoms with E-state index in [1.807, 2.05) is 0 Å². The van der Waals surface area contributed by atoms with E-state index in [-0.39, 0.29) is 10.8 Å². The number of benzene rings is 1. The Morgan fingerprint density at radius 1 is 1.35 bits per heavy atom. The summed E-state index contributed by atoms with van der Waals surface area (Å²) in [5.41, 5.74) is 0.597. The van der Waals surface area contributed by atoms with Crippen LogP contribution >= 0.6 is 0 Å². The molecule has 8 heteroatoms. The molecule has 2 aromatic rings. The first-order chi connectivity index (χ1) is 10.9. The van der Waals surface area contributed by atoms with Gasteiger partial charge in [-0.2, -0.15) is 9.40 Å². The Morgan fingerprint density at radius 2 is 2.17 bits per heavy atom. The SMILES string of the molecule is Cc1cc(F)cc(S(=O)(=O)N2CCCC(Cn3cncn3)C2)c1. The molecule has 1 aromatic heterocycles. The van der Waals surface area contributed by atoms with E-state index in [1.165, 1.54) is 22.8 Å². The van der Waals surface area contributed by atoms with Gasteiger partial charge in [0.1, 0.15) is 18.5 Å². The summed E-state index contributed by atoms with van der Waals surface area (Å²) in [4.78, 5) is 3.93. The minimum absolute atomic E-state index is 0.0244. The van der Waals surface area contributed by atoms with Crippen molar-refractivity contribution in [1.29, 1.82) is 0 Å². The third-order valence-electron chi connectivity index (χ3n) is 4.05. The summed E-state index contributed by atoms with van der Waals surface area (Å²) in [6.07, 6.45) is 4.82. The molecule has 1 aromatic carbocycles. The Kier molecular flexibility index (Phi) is 4.45. The molecule has 0 spiro atoms. The molecule has 6 nitrogen and oxygen atoms in total. The lowest BCUT2D eigenvalue weighted by Crippen LogP contribution is -2.41. The van der Waals surface area contributed by atoms with Crippen molar-refractivity contribution in [2.45, 2.75) is 31.2 Å². The van der Waals surface area contributed by atoms with E-state index in [0.29, 0.717) is 25.2 Å². The zero-order valence-electron chi connectivity index (χ0n) is 12.9. The Morgan fingerprint density at radius 3 is 2.87 bits per heavy atom. The number of aryl methyl sites for hydroxylation is 1. The summed E-state index contributed by atoms with van der Waals surface area (Å²) in [5, 5.41) is 4.07. The molecule has 1 fully saturated rings. The lowest BCUT2D eigenvalue weighted by atomic mass is 10.00. The van der Waals surface area contributed by atoms with Crippen molar-refractivity contribution in [2.75, 3.05) is 13.1 Å². The molecular formula is C15H19FN4O2S. The summed E-state index contributed by atoms with van der Waals surface area (Å²) in [6.45, 7) is 3.20. The predicted octanol–water partition coefficient (Wildman–Crippen LogP) is 1.83. The van der Waals surface area contributed by atoms with E-state index >= 15 is 0 Å². The predicted molar refractivity (Wildman–Crippen MR) is 82.6 cm³/mol. The highest BCUT2D eigenvalue weighted by Gasteiger charge is 2.30. The molecule has 0 amide bonds. The highest BCUT2D eigenvalue weighted by Crippen LogP contribution is 2.25. The smallest absolute Gasteiger partial charge is 0.243 e. The van der Waals surface area contributed by atoms with Gasteiger partial charge in [0.2, 0.25) is 10.0 Å². The zero-order chi connectivity index (χ0) is 16.4. The van der Waals surface area contributed by atoms with Crippen LogP contribution in [0.4, 0.5) is 4.39 Å². The average Bonchev–Trinajstić information content (AvgIpc) is 2.99. The summed E-state index contributed by atoms with van der Waals surface area (Å²) in [7, 11) is -3.67. The molecule has 2 heterocycles. The number of rotatable bonds is 4. The van der Waals surface area contributed by atoms with Crippen LogP contribution in [-0.4, -0.2) is 40.6 Å². The Hall–Kier alpha value is -1.80. The molecule has 3 rings (SSSR count). The van der Waals surface area contributed by atoms with Gasteiger partial charge in [-0.1, -0.05) is 0 Å². The Labute approximate surface area is 135 Å². The third-order valence-corrected chi connectivity index (χ3v) is 5.89. The van der Waals surface area contributed by atoms with Crippen LogP contribution in [0.3, 0.4) is 0 Å². The van der Waals surface area contributed by atoms with Gasteiger partial charge in [0, 0.05) is 19.6 Å². The van der Waals surface area contributed by atoms with E-state index in [1.54, 1.807) is 17.9 Å². The molecule has 124 valence electrons. The minimum atomic E-state index is -3.67. The van der Waals surface area contributed by atoms with Gasteiger partial charge in [-0.05, 0) is 49.4 Å². The van der Waals surface area contributed by atoms with Crippen LogP contribution in [0.5, 0.6) is 0 Å². The van der Waals surface area contributed by atoms with Crippen molar-refractivity contribution >= 4 is 10.0 Å². The van der Waals surface area contributed by atoms with Crippen molar-refractivity contribution in [1.82, 2.24) is 19.1 Å². The van der Waals surface area contributed by atoms with Gasteiger partial charge < -0.3 is 0 Å². The lowest BCUT2D eigenvalue weighted by Gasteiger charge is -2.31. The molecule has 23 heavy (non-hydrogen) atoms. The fraction of sp³-hybridized carbons (Fsp3) is 0.467. The monoisotopic (exact) mass is 338 g/mol. The van der Waals surface area contributed by atoms with Crippen LogP contribution < -0.4 is 0 Å². The third kappa shape index (κ3) is 3.59. The van der Waals surface area contributed by atoms with Crippen molar-refractivity contribution in [3.63, 3.8) is 0 Å². The minimum Gasteiger partial charge on any atom is -0.253 e. The number of sulfonamides is 1. The topological polar surface area (TPSA) is 68.1 Å². The van der Waals surface area contributed by atoms with Crippen LogP contribution in [0.25, 0.3) is 0 Å². The molecule has 0 N–H and O–H groups in total. The second-order valence-electron chi connectivity index (χ2n) is 5.95. The van der Waals surface area contributed by atoms with E-state index in [9.17, 15) is 12.8 Å². The largest absolute Gasteiger partial charge is 0.253 e. The number of nitrogens with zero attached hydrogens (tertiary/aromatic N) is 4. The van der Waals surface area contributed by atoms with Crippen molar-refractivity contribution in [3.05, 3.63) is 42.2 Å². The van der Waals surface area contributed by atoms with Gasteiger partial charge in [0.05, 0.1) is 4.90 Å². The van der Waals surface area contributed by atoms with Gasteiger partial charge >= 0.3 is 0 Å². The van der Waals surface area contributed by atoms with E-state index in [2.05, 4.69) is 10.1 Å². The highest BCUT2D eigenvalue weighted by atomic mass is 32.2. The zero-order valence-corrected chi connectivity index (χ0v) is 13.7. The Balaban J connectivity index is 1.79. The molecular weight excluding hydrogens is 319 g/mol. The molecule has 0 saturated carbocycles. The lowest BCUT2D eigenvalue weighted by molar-refractivity contribution is 0.239. The standard InChI is InChI=1S/C15H19FN4O2S/c1-12-5-14(16)7-15(6-12)23(21,22)20-4-2-3-13(9-20)8-19-11-17-10-18-19/h5-7,10-11,13H,2-4,8-9H2,1H3. The van der Waals surface area contributed by atoms with Gasteiger partial charge in [0.15, 0.2) is 0 Å². The first-order valence-electron chi connectivity index (χ1n) is 7.55. The highest BCUT2D eigenvalue weighted by molar-refractivity contribution is 7.89. The molecule has 1 aliphatic rings. The summed E-state index contributed by atoms with van der Waals surface area (Å²) < 4.78 is 42.2. The molecule has 1 unspecified atom stereocenters. The van der Waals surface area contributed by atoms with Crippen LogP contribution in [0.15, 0.2) is 35.7 Å². The van der Waals surface area contributed by atoms with Crippen molar-refractivity contribution in [3.8, 4) is 0 Å². The molecule has 0 bridgehead atoms. The molecule has 1 aliphatic heterocycles. The van der Waals surface area contributed by atoms with E-state index in [0.717, 1.165) is 18.9 Å². The number of halogens is 1. The van der Waals surface area contributed by atoms with Crippen molar-refractivity contribution in [2.24, 2.45) is 5.92 Å². The van der Waals surface area contributed by atoms with Gasteiger partial charge in [-0.25, -0.2) is 17.8 Å². The normalized spacial score (nSPS) is 19.8. The fourth-order valence-electron chi connectivity index (χ4n) is 2.99. The molecule has 0 aliphatic carbocycles. The maximum Gasteiger partial charge on any atom is 0.243 e. The number of hydrogen-bond acceptors (Lipinski definition) is 4. The first kappa shape index (κ1) is 16.1. The summed E-state index contributed by atoms with van der Waals surface area (Å²) in [6, 6.07) is 3.92. The molecule has 1 saturated heterocycles. The van der Waals surface area contributed by atoms with Crippen LogP contribution in [0, 0.1) is 18.7 Å².